The third kappa shape index (κ3) is 9.31. The molecule has 0 spiro atoms. The van der Waals surface area contributed by atoms with Gasteiger partial charge < -0.3 is 10.0 Å². The molecule has 0 aromatic carbocycles. The van der Waals surface area contributed by atoms with E-state index >= 15 is 0 Å². The number of hydrogen-bond donors (Lipinski definition) is 1. The molecule has 18 heavy (non-hydrogen) atoms. The van der Waals surface area contributed by atoms with Crippen LogP contribution in [0.3, 0.4) is 0 Å². The van der Waals surface area contributed by atoms with Crippen LogP contribution >= 0.6 is 0 Å². The predicted octanol–water partition coefficient (Wildman–Crippen LogP) is 3.10. The fourth-order valence-electron chi connectivity index (χ4n) is 1.79. The van der Waals surface area contributed by atoms with E-state index in [0.29, 0.717) is 13.0 Å². The van der Waals surface area contributed by atoms with Crippen LogP contribution in [0.1, 0.15) is 26.2 Å². The van der Waals surface area contributed by atoms with Crippen LogP contribution in [0.4, 0.5) is 8.78 Å². The summed E-state index contributed by atoms with van der Waals surface area (Å²) >= 11 is 0. The first-order valence-electron chi connectivity index (χ1n) is 6.50. The lowest BCUT2D eigenvalue weighted by Crippen LogP contribution is -2.28. The highest BCUT2D eigenvalue weighted by Gasteiger charge is 2.09. The fraction of sp³-hybridized carbons (Fsp3) is 0.714. The van der Waals surface area contributed by atoms with Gasteiger partial charge in [0.05, 0.1) is 0 Å². The molecule has 0 rings (SSSR count). The van der Waals surface area contributed by atoms with Crippen LogP contribution in [-0.2, 0) is 0 Å². The SMILES string of the molecule is CCCC(CO)CN(C)CC/C(F)=C\C=C/CF. The second-order valence-corrected chi connectivity index (χ2v) is 4.55. The Morgan fingerprint density at radius 1 is 1.44 bits per heavy atom. The number of aliphatic hydroxyl groups is 1. The van der Waals surface area contributed by atoms with Gasteiger partial charge in [0, 0.05) is 26.1 Å². The lowest BCUT2D eigenvalue weighted by Gasteiger charge is -2.21. The average molecular weight is 261 g/mol. The maximum atomic E-state index is 13.3. The Balaban J connectivity index is 3.90. The summed E-state index contributed by atoms with van der Waals surface area (Å²) in [6.07, 6.45) is 6.30. The Hall–Kier alpha value is -0.740. The van der Waals surface area contributed by atoms with Crippen molar-refractivity contribution in [3.63, 3.8) is 0 Å². The van der Waals surface area contributed by atoms with Crippen LogP contribution in [0.15, 0.2) is 24.1 Å². The van der Waals surface area contributed by atoms with Crippen molar-refractivity contribution in [2.45, 2.75) is 26.2 Å². The van der Waals surface area contributed by atoms with Crippen molar-refractivity contribution in [3.8, 4) is 0 Å². The molecule has 0 aromatic heterocycles. The van der Waals surface area contributed by atoms with Crippen LogP contribution in [-0.4, -0.2) is 43.4 Å². The van der Waals surface area contributed by atoms with Crippen molar-refractivity contribution >= 4 is 0 Å². The number of allylic oxidation sites excluding steroid dienone is 3. The maximum absolute atomic E-state index is 13.3. The van der Waals surface area contributed by atoms with Crippen molar-refractivity contribution in [2.75, 3.05) is 33.4 Å². The standard InChI is InChI=1S/C14H25F2NO/c1-3-6-13(12-18)11-17(2)10-8-14(16)7-4-5-9-15/h4-5,7,13,18H,3,6,8-12H2,1-2H3/b5-4-,14-7+. The summed E-state index contributed by atoms with van der Waals surface area (Å²) in [7, 11) is 1.92. The van der Waals surface area contributed by atoms with Gasteiger partial charge in [-0.15, -0.1) is 0 Å². The summed E-state index contributed by atoms with van der Waals surface area (Å²) in [5.41, 5.74) is 0. The zero-order valence-corrected chi connectivity index (χ0v) is 11.4. The highest BCUT2D eigenvalue weighted by atomic mass is 19.1. The van der Waals surface area contributed by atoms with E-state index < -0.39 is 6.67 Å². The lowest BCUT2D eigenvalue weighted by atomic mass is 10.0. The molecule has 1 N–H and O–H groups in total. The van der Waals surface area contributed by atoms with E-state index in [9.17, 15) is 8.78 Å². The molecule has 0 amide bonds. The molecule has 0 aliphatic carbocycles. The Morgan fingerprint density at radius 3 is 2.72 bits per heavy atom. The van der Waals surface area contributed by atoms with E-state index in [-0.39, 0.29) is 18.4 Å². The minimum atomic E-state index is -0.571. The molecule has 0 saturated carbocycles. The highest BCUT2D eigenvalue weighted by Crippen LogP contribution is 2.09. The number of nitrogens with zero attached hydrogens (tertiary/aromatic N) is 1. The number of halogens is 2. The van der Waals surface area contributed by atoms with Gasteiger partial charge in [-0.05, 0) is 25.5 Å². The Bertz CT molecular complexity index is 254. The molecule has 0 fully saturated rings. The second kappa shape index (κ2) is 11.4. The largest absolute Gasteiger partial charge is 0.396 e. The lowest BCUT2D eigenvalue weighted by molar-refractivity contribution is 0.171. The molecule has 1 unspecified atom stereocenters. The first-order chi connectivity index (χ1) is 8.63. The summed E-state index contributed by atoms with van der Waals surface area (Å²) in [5, 5.41) is 9.17. The van der Waals surface area contributed by atoms with Gasteiger partial charge in [0.2, 0.25) is 0 Å². The van der Waals surface area contributed by atoms with Gasteiger partial charge in [-0.3, -0.25) is 0 Å². The molecule has 106 valence electrons. The Morgan fingerprint density at radius 2 is 2.17 bits per heavy atom. The molecule has 0 aromatic rings. The third-order valence-corrected chi connectivity index (χ3v) is 2.76. The molecule has 0 aliphatic rings. The zero-order chi connectivity index (χ0) is 13.8. The number of aliphatic hydroxyl groups excluding tert-OH is 1. The number of rotatable bonds is 10. The molecule has 0 saturated heterocycles. The molecule has 4 heteroatoms. The smallest absolute Gasteiger partial charge is 0.108 e. The van der Waals surface area contributed by atoms with E-state index in [2.05, 4.69) is 6.92 Å². The molecule has 0 radical (unpaired) electrons. The fourth-order valence-corrected chi connectivity index (χ4v) is 1.79. The van der Waals surface area contributed by atoms with E-state index in [4.69, 9.17) is 5.11 Å². The van der Waals surface area contributed by atoms with Crippen molar-refractivity contribution in [2.24, 2.45) is 5.92 Å². The van der Waals surface area contributed by atoms with Crippen LogP contribution in [0, 0.1) is 5.92 Å². The summed E-state index contributed by atoms with van der Waals surface area (Å²) in [4.78, 5) is 2.02. The Kier molecular flexibility index (Phi) is 10.9. The van der Waals surface area contributed by atoms with Gasteiger partial charge in [-0.2, -0.15) is 0 Å². The summed E-state index contributed by atoms with van der Waals surface area (Å²) < 4.78 is 25.0. The van der Waals surface area contributed by atoms with E-state index in [1.165, 1.54) is 18.2 Å². The summed E-state index contributed by atoms with van der Waals surface area (Å²) in [5.74, 6) is 0.0149. The van der Waals surface area contributed by atoms with Gasteiger partial charge in [0.25, 0.3) is 0 Å². The van der Waals surface area contributed by atoms with E-state index in [0.717, 1.165) is 19.4 Å². The minimum Gasteiger partial charge on any atom is -0.396 e. The number of hydrogen-bond acceptors (Lipinski definition) is 2. The minimum absolute atomic E-state index is 0.176. The predicted molar refractivity (Wildman–Crippen MR) is 71.9 cm³/mol. The first-order valence-corrected chi connectivity index (χ1v) is 6.50. The Labute approximate surface area is 109 Å². The average Bonchev–Trinajstić information content (AvgIpc) is 2.36. The molecule has 0 heterocycles. The zero-order valence-electron chi connectivity index (χ0n) is 11.4. The maximum Gasteiger partial charge on any atom is 0.108 e. The van der Waals surface area contributed by atoms with Gasteiger partial charge >= 0.3 is 0 Å². The summed E-state index contributed by atoms with van der Waals surface area (Å²) in [6.45, 7) is 3.07. The number of alkyl halides is 1. The van der Waals surface area contributed by atoms with Crippen LogP contribution in [0.2, 0.25) is 0 Å². The van der Waals surface area contributed by atoms with Crippen molar-refractivity contribution in [1.29, 1.82) is 0 Å². The molecular formula is C14H25F2NO. The monoisotopic (exact) mass is 261 g/mol. The van der Waals surface area contributed by atoms with E-state index in [1.54, 1.807) is 0 Å². The second-order valence-electron chi connectivity index (χ2n) is 4.55. The molecule has 0 aliphatic heterocycles. The topological polar surface area (TPSA) is 23.5 Å². The quantitative estimate of drug-likeness (QED) is 0.611. The molecule has 2 nitrogen and oxygen atoms in total. The third-order valence-electron chi connectivity index (χ3n) is 2.76. The molecular weight excluding hydrogens is 236 g/mol. The van der Waals surface area contributed by atoms with Crippen molar-refractivity contribution in [1.82, 2.24) is 4.90 Å². The van der Waals surface area contributed by atoms with Gasteiger partial charge in [0.15, 0.2) is 0 Å². The van der Waals surface area contributed by atoms with Gasteiger partial charge in [-0.25, -0.2) is 8.78 Å². The van der Waals surface area contributed by atoms with Crippen LogP contribution in [0.5, 0.6) is 0 Å². The first kappa shape index (κ1) is 17.3. The van der Waals surface area contributed by atoms with Crippen LogP contribution < -0.4 is 0 Å². The van der Waals surface area contributed by atoms with Gasteiger partial charge in [-0.1, -0.05) is 25.5 Å². The van der Waals surface area contributed by atoms with Gasteiger partial charge in [0.1, 0.15) is 12.5 Å². The van der Waals surface area contributed by atoms with E-state index in [1.807, 2.05) is 11.9 Å². The summed E-state index contributed by atoms with van der Waals surface area (Å²) in [6, 6.07) is 0. The molecule has 0 bridgehead atoms. The van der Waals surface area contributed by atoms with Crippen LogP contribution in [0.25, 0.3) is 0 Å². The van der Waals surface area contributed by atoms with Crippen molar-refractivity contribution in [3.05, 3.63) is 24.1 Å². The molecule has 1 atom stereocenters. The van der Waals surface area contributed by atoms with Crippen molar-refractivity contribution < 1.29 is 13.9 Å². The normalized spacial score (nSPS) is 14.7. The highest BCUT2D eigenvalue weighted by molar-refractivity contribution is 5.07.